The molecule has 0 aliphatic heterocycles. The number of hydrogen-bond acceptors (Lipinski definition) is 3. The van der Waals surface area contributed by atoms with Gasteiger partial charge in [-0.15, -0.1) is 4.65 Å². The van der Waals surface area contributed by atoms with Gasteiger partial charge in [-0.2, -0.15) is 13.6 Å². The summed E-state index contributed by atoms with van der Waals surface area (Å²) in [6.07, 6.45) is 5.90. The van der Waals surface area contributed by atoms with E-state index in [1.165, 1.54) is 12.8 Å². The standard InChI is InChI=1S/C23H23F2N2O2/c24-23(25)29-22-12-10-21(11-13-22)27(28-17-18-8-9-18,20-6-2-1-3-7-20)16-19-5-4-14-26-15-19/h1-7,10-15,18,23H,8-9,16-17H2/q+1. The van der Waals surface area contributed by atoms with Gasteiger partial charge in [0.1, 0.15) is 18.9 Å². The largest absolute Gasteiger partial charge is 0.435 e. The average Bonchev–Trinajstić information content (AvgIpc) is 3.57. The number of hydrogen-bond donors (Lipinski definition) is 0. The number of pyridine rings is 1. The second kappa shape index (κ2) is 8.68. The summed E-state index contributed by atoms with van der Waals surface area (Å²) in [6, 6.07) is 20.5. The van der Waals surface area contributed by atoms with Gasteiger partial charge in [-0.1, -0.05) is 24.3 Å². The Labute approximate surface area is 168 Å². The maximum Gasteiger partial charge on any atom is 0.387 e. The monoisotopic (exact) mass is 397 g/mol. The van der Waals surface area contributed by atoms with Crippen LogP contribution in [0.1, 0.15) is 18.4 Å². The van der Waals surface area contributed by atoms with Gasteiger partial charge in [0, 0.05) is 42.2 Å². The summed E-state index contributed by atoms with van der Waals surface area (Å²) >= 11 is 0. The minimum atomic E-state index is -2.85. The van der Waals surface area contributed by atoms with Crippen LogP contribution in [0.15, 0.2) is 79.1 Å². The van der Waals surface area contributed by atoms with Crippen LogP contribution < -0.4 is 9.38 Å². The Morgan fingerprint density at radius 3 is 2.28 bits per heavy atom. The van der Waals surface area contributed by atoms with Crippen LogP contribution in [-0.2, 0) is 11.4 Å². The summed E-state index contributed by atoms with van der Waals surface area (Å²) in [5.74, 6) is 0.685. The van der Waals surface area contributed by atoms with Gasteiger partial charge in [0.05, 0.1) is 0 Å². The Morgan fingerprint density at radius 2 is 1.66 bits per heavy atom. The van der Waals surface area contributed by atoms with E-state index in [4.69, 9.17) is 4.84 Å². The molecule has 29 heavy (non-hydrogen) atoms. The third-order valence-electron chi connectivity index (χ3n) is 5.01. The normalized spacial score (nSPS) is 15.8. The molecule has 0 radical (unpaired) electrons. The van der Waals surface area contributed by atoms with Crippen LogP contribution in [0.3, 0.4) is 0 Å². The molecule has 2 aromatic carbocycles. The van der Waals surface area contributed by atoms with E-state index in [-0.39, 0.29) is 10.4 Å². The van der Waals surface area contributed by atoms with Crippen molar-refractivity contribution in [1.82, 2.24) is 9.63 Å². The summed E-state index contributed by atoms with van der Waals surface area (Å²) in [4.78, 5) is 10.8. The molecule has 1 fully saturated rings. The van der Waals surface area contributed by atoms with E-state index in [0.29, 0.717) is 19.1 Å². The molecule has 1 aromatic heterocycles. The number of nitrogens with zero attached hydrogens (tertiary/aromatic N) is 2. The number of halogens is 2. The Hall–Kier alpha value is -2.83. The summed E-state index contributed by atoms with van der Waals surface area (Å²) in [5, 5.41) is 0. The van der Waals surface area contributed by atoms with E-state index in [2.05, 4.69) is 9.72 Å². The molecule has 1 aliphatic carbocycles. The fourth-order valence-electron chi connectivity index (χ4n) is 3.33. The van der Waals surface area contributed by atoms with Crippen LogP contribution in [0.2, 0.25) is 0 Å². The third kappa shape index (κ3) is 4.78. The first-order valence-corrected chi connectivity index (χ1v) is 9.68. The first kappa shape index (κ1) is 19.5. The Kier molecular flexibility index (Phi) is 5.83. The molecule has 3 aromatic rings. The van der Waals surface area contributed by atoms with Crippen LogP contribution in [0.4, 0.5) is 20.2 Å². The van der Waals surface area contributed by atoms with E-state index < -0.39 is 6.61 Å². The molecular weight excluding hydrogens is 374 g/mol. The second-order valence-electron chi connectivity index (χ2n) is 7.21. The van der Waals surface area contributed by atoms with E-state index in [0.717, 1.165) is 16.9 Å². The first-order chi connectivity index (χ1) is 14.2. The smallest absolute Gasteiger partial charge is 0.387 e. The van der Waals surface area contributed by atoms with E-state index in [9.17, 15) is 8.78 Å². The maximum atomic E-state index is 12.6. The lowest BCUT2D eigenvalue weighted by molar-refractivity contribution is -0.115. The van der Waals surface area contributed by atoms with E-state index >= 15 is 0 Å². The third-order valence-corrected chi connectivity index (χ3v) is 5.01. The van der Waals surface area contributed by atoms with Crippen molar-refractivity contribution < 1.29 is 18.4 Å². The number of quaternary nitrogens is 1. The topological polar surface area (TPSA) is 31.4 Å². The molecule has 1 unspecified atom stereocenters. The molecule has 1 saturated carbocycles. The molecule has 1 aliphatic rings. The minimum Gasteiger partial charge on any atom is -0.435 e. The average molecular weight is 397 g/mol. The molecule has 4 nitrogen and oxygen atoms in total. The Balaban J connectivity index is 1.76. The van der Waals surface area contributed by atoms with Crippen molar-refractivity contribution in [2.24, 2.45) is 5.92 Å². The summed E-state index contributed by atoms with van der Waals surface area (Å²) in [5.41, 5.74) is 2.81. The Morgan fingerprint density at radius 1 is 0.931 bits per heavy atom. The number of benzene rings is 2. The highest BCUT2D eigenvalue weighted by Gasteiger charge is 2.39. The zero-order chi connectivity index (χ0) is 20.1. The number of hydroxylamine groups is 1. The van der Waals surface area contributed by atoms with Crippen molar-refractivity contribution >= 4 is 11.4 Å². The van der Waals surface area contributed by atoms with Crippen LogP contribution in [0.25, 0.3) is 0 Å². The van der Waals surface area contributed by atoms with E-state index in [1.807, 2.05) is 48.7 Å². The number of alkyl halides is 2. The fourth-order valence-corrected chi connectivity index (χ4v) is 3.33. The van der Waals surface area contributed by atoms with E-state index in [1.54, 1.807) is 30.5 Å². The van der Waals surface area contributed by atoms with Crippen molar-refractivity contribution in [3.8, 4) is 5.75 Å². The predicted octanol–water partition coefficient (Wildman–Crippen LogP) is 5.86. The van der Waals surface area contributed by atoms with Gasteiger partial charge >= 0.3 is 6.61 Å². The fraction of sp³-hybridized carbons (Fsp3) is 0.261. The van der Waals surface area contributed by atoms with Crippen molar-refractivity contribution in [2.75, 3.05) is 6.61 Å². The van der Waals surface area contributed by atoms with Crippen molar-refractivity contribution in [1.29, 1.82) is 0 Å². The SMILES string of the molecule is FC(F)Oc1ccc([N+](Cc2cccnc2)(OCC2CC2)c2ccccc2)cc1. The lowest BCUT2D eigenvalue weighted by Gasteiger charge is -2.35. The van der Waals surface area contributed by atoms with Crippen molar-refractivity contribution in [3.63, 3.8) is 0 Å². The molecule has 1 atom stereocenters. The molecule has 0 bridgehead atoms. The molecule has 4 rings (SSSR count). The molecule has 0 saturated heterocycles. The molecular formula is C23H23F2N2O2+. The highest BCUT2D eigenvalue weighted by molar-refractivity contribution is 5.57. The lowest BCUT2D eigenvalue weighted by Crippen LogP contribution is -2.44. The zero-order valence-electron chi connectivity index (χ0n) is 16.0. The molecule has 0 amide bonds. The van der Waals surface area contributed by atoms with Gasteiger partial charge in [0.15, 0.2) is 11.4 Å². The first-order valence-electron chi connectivity index (χ1n) is 9.68. The predicted molar refractivity (Wildman–Crippen MR) is 108 cm³/mol. The van der Waals surface area contributed by atoms with Crippen LogP contribution in [-0.4, -0.2) is 18.2 Å². The van der Waals surface area contributed by atoms with Crippen molar-refractivity contribution in [3.05, 3.63) is 84.7 Å². The molecule has 1 heterocycles. The maximum absolute atomic E-state index is 12.6. The highest BCUT2D eigenvalue weighted by atomic mass is 19.3. The Bertz CT molecular complexity index is 903. The molecule has 0 spiro atoms. The lowest BCUT2D eigenvalue weighted by atomic mass is 10.1. The number of ether oxygens (including phenoxy) is 1. The van der Waals surface area contributed by atoms with Gasteiger partial charge in [0.2, 0.25) is 0 Å². The number of rotatable bonds is 9. The van der Waals surface area contributed by atoms with Crippen molar-refractivity contribution in [2.45, 2.75) is 26.0 Å². The minimum absolute atomic E-state index is 0.123. The van der Waals surface area contributed by atoms with Gasteiger partial charge < -0.3 is 4.74 Å². The molecule has 6 heteroatoms. The van der Waals surface area contributed by atoms with Gasteiger partial charge in [0.25, 0.3) is 0 Å². The van der Waals surface area contributed by atoms with Crippen LogP contribution in [0, 0.1) is 5.92 Å². The highest BCUT2D eigenvalue weighted by Crippen LogP contribution is 2.40. The van der Waals surface area contributed by atoms with Crippen LogP contribution in [0.5, 0.6) is 5.75 Å². The summed E-state index contributed by atoms with van der Waals surface area (Å²) in [6.45, 7) is -1.69. The summed E-state index contributed by atoms with van der Waals surface area (Å²) < 4.78 is 29.8. The summed E-state index contributed by atoms with van der Waals surface area (Å²) in [7, 11) is 0. The number of para-hydroxylation sites is 1. The number of aromatic nitrogens is 1. The van der Waals surface area contributed by atoms with Crippen LogP contribution >= 0.6 is 0 Å². The van der Waals surface area contributed by atoms with Gasteiger partial charge in [-0.05, 0) is 37.0 Å². The van der Waals surface area contributed by atoms with Gasteiger partial charge in [-0.25, -0.2) is 0 Å². The van der Waals surface area contributed by atoms with Gasteiger partial charge in [-0.3, -0.25) is 4.98 Å². The quantitative estimate of drug-likeness (QED) is 0.335. The molecule has 150 valence electrons. The zero-order valence-corrected chi connectivity index (χ0v) is 16.0. The molecule has 0 N–H and O–H groups in total. The second-order valence-corrected chi connectivity index (χ2v) is 7.21.